The third-order valence-corrected chi connectivity index (χ3v) is 2.61. The molecule has 8 heteroatoms. The summed E-state index contributed by atoms with van der Waals surface area (Å²) in [7, 11) is 1.50. The molecule has 0 spiro atoms. The smallest absolute Gasteiger partial charge is 0.270 e. The van der Waals surface area contributed by atoms with Gasteiger partial charge in [-0.1, -0.05) is 12.1 Å². The Kier molecular flexibility index (Phi) is 4.38. The van der Waals surface area contributed by atoms with E-state index in [0.717, 1.165) is 0 Å². The lowest BCUT2D eigenvalue weighted by molar-refractivity contribution is -0.384. The van der Waals surface area contributed by atoms with E-state index in [-0.39, 0.29) is 18.8 Å². The summed E-state index contributed by atoms with van der Waals surface area (Å²) in [6, 6.07) is 6.08. The van der Waals surface area contributed by atoms with E-state index in [0.29, 0.717) is 11.4 Å². The maximum absolute atomic E-state index is 10.7. The van der Waals surface area contributed by atoms with E-state index >= 15 is 0 Å². The first-order valence-electron chi connectivity index (χ1n) is 5.91. The van der Waals surface area contributed by atoms with Crippen LogP contribution in [0.4, 0.5) is 5.69 Å². The monoisotopic (exact) mass is 278 g/mol. The van der Waals surface area contributed by atoms with Gasteiger partial charge in [0.1, 0.15) is 6.33 Å². The lowest BCUT2D eigenvalue weighted by Crippen LogP contribution is -2.21. The van der Waals surface area contributed by atoms with Crippen molar-refractivity contribution in [3.05, 3.63) is 40.7 Å². The van der Waals surface area contributed by atoms with Crippen molar-refractivity contribution < 1.29 is 14.8 Å². The number of ether oxygens (including phenoxy) is 1. The fourth-order valence-electron chi connectivity index (χ4n) is 1.73. The number of methoxy groups -OCH3 is 1. The van der Waals surface area contributed by atoms with Gasteiger partial charge in [0.2, 0.25) is 0 Å². The molecular formula is C12H14N4O4. The topological polar surface area (TPSA) is 103 Å². The molecule has 0 saturated carbocycles. The van der Waals surface area contributed by atoms with Gasteiger partial charge in [0, 0.05) is 24.8 Å². The van der Waals surface area contributed by atoms with E-state index in [2.05, 4.69) is 10.1 Å². The van der Waals surface area contributed by atoms with Gasteiger partial charge in [-0.25, -0.2) is 9.67 Å². The number of aromatic nitrogens is 3. The molecule has 1 heterocycles. The van der Waals surface area contributed by atoms with Crippen molar-refractivity contribution in [2.24, 2.45) is 0 Å². The fraction of sp³-hybridized carbons (Fsp3) is 0.333. The summed E-state index contributed by atoms with van der Waals surface area (Å²) >= 11 is 0. The van der Waals surface area contributed by atoms with Crippen molar-refractivity contribution in [3.8, 4) is 11.4 Å². The second kappa shape index (κ2) is 6.22. The normalized spacial score (nSPS) is 12.3. The highest BCUT2D eigenvalue weighted by atomic mass is 16.6. The molecule has 1 unspecified atom stereocenters. The van der Waals surface area contributed by atoms with E-state index in [1.807, 2.05) is 0 Å². The van der Waals surface area contributed by atoms with E-state index in [1.54, 1.807) is 12.1 Å². The van der Waals surface area contributed by atoms with Gasteiger partial charge in [-0.05, 0) is 0 Å². The van der Waals surface area contributed by atoms with E-state index in [9.17, 15) is 15.2 Å². The molecule has 0 aliphatic carbocycles. The molecule has 1 aromatic carbocycles. The maximum atomic E-state index is 10.7. The van der Waals surface area contributed by atoms with Crippen molar-refractivity contribution in [3.63, 3.8) is 0 Å². The van der Waals surface area contributed by atoms with Gasteiger partial charge in [-0.3, -0.25) is 10.1 Å². The van der Waals surface area contributed by atoms with Crippen molar-refractivity contribution in [1.82, 2.24) is 14.8 Å². The van der Waals surface area contributed by atoms with Crippen LogP contribution in [-0.4, -0.2) is 44.6 Å². The SMILES string of the molecule is COCC(O)Cn1cnc(-c2cccc([N+](=O)[O-])c2)n1. The van der Waals surface area contributed by atoms with Crippen molar-refractivity contribution >= 4 is 5.69 Å². The highest BCUT2D eigenvalue weighted by Gasteiger charge is 2.11. The lowest BCUT2D eigenvalue weighted by Gasteiger charge is -2.07. The van der Waals surface area contributed by atoms with Crippen LogP contribution in [-0.2, 0) is 11.3 Å². The molecule has 0 fully saturated rings. The van der Waals surface area contributed by atoms with Crippen LogP contribution in [0.2, 0.25) is 0 Å². The molecule has 0 bridgehead atoms. The summed E-state index contributed by atoms with van der Waals surface area (Å²) in [4.78, 5) is 14.3. The number of hydrogen-bond acceptors (Lipinski definition) is 6. The number of non-ortho nitro benzene ring substituents is 1. The van der Waals surface area contributed by atoms with Crippen LogP contribution >= 0.6 is 0 Å². The summed E-state index contributed by atoms with van der Waals surface area (Å²) in [6.07, 6.45) is 0.784. The largest absolute Gasteiger partial charge is 0.389 e. The highest BCUT2D eigenvalue weighted by molar-refractivity contribution is 5.58. The zero-order valence-corrected chi connectivity index (χ0v) is 10.8. The minimum atomic E-state index is -0.681. The first-order chi connectivity index (χ1) is 9.60. The average molecular weight is 278 g/mol. The molecule has 1 aromatic heterocycles. The van der Waals surface area contributed by atoms with Gasteiger partial charge in [-0.2, -0.15) is 5.10 Å². The molecule has 106 valence electrons. The average Bonchev–Trinajstić information content (AvgIpc) is 2.87. The molecule has 0 radical (unpaired) electrons. The Morgan fingerprint density at radius 2 is 2.35 bits per heavy atom. The quantitative estimate of drug-likeness (QED) is 0.621. The van der Waals surface area contributed by atoms with Crippen LogP contribution < -0.4 is 0 Å². The number of nitro groups is 1. The number of nitrogens with zero attached hydrogens (tertiary/aromatic N) is 4. The van der Waals surface area contributed by atoms with E-state index < -0.39 is 11.0 Å². The van der Waals surface area contributed by atoms with Crippen LogP contribution in [0, 0.1) is 10.1 Å². The number of benzene rings is 1. The predicted molar refractivity (Wildman–Crippen MR) is 70.0 cm³/mol. The zero-order valence-electron chi connectivity index (χ0n) is 10.8. The molecule has 20 heavy (non-hydrogen) atoms. The first-order valence-corrected chi connectivity index (χ1v) is 5.91. The summed E-state index contributed by atoms with van der Waals surface area (Å²) in [5.74, 6) is 0.373. The lowest BCUT2D eigenvalue weighted by atomic mass is 10.2. The Labute approximate surface area is 114 Å². The second-order valence-electron chi connectivity index (χ2n) is 4.21. The Morgan fingerprint density at radius 3 is 3.05 bits per heavy atom. The first kappa shape index (κ1) is 14.1. The molecular weight excluding hydrogens is 264 g/mol. The zero-order chi connectivity index (χ0) is 14.5. The third-order valence-electron chi connectivity index (χ3n) is 2.61. The van der Waals surface area contributed by atoms with Gasteiger partial charge < -0.3 is 9.84 Å². The summed E-state index contributed by atoms with van der Waals surface area (Å²) in [6.45, 7) is 0.446. The van der Waals surface area contributed by atoms with Gasteiger partial charge in [0.05, 0.1) is 24.2 Å². The molecule has 8 nitrogen and oxygen atoms in total. The standard InChI is InChI=1S/C12H14N4O4/c1-20-7-11(17)6-15-8-13-12(14-15)9-3-2-4-10(5-9)16(18)19/h2-5,8,11,17H,6-7H2,1H3. The van der Waals surface area contributed by atoms with Gasteiger partial charge in [-0.15, -0.1) is 0 Å². The number of hydrogen-bond donors (Lipinski definition) is 1. The maximum Gasteiger partial charge on any atom is 0.270 e. The summed E-state index contributed by atoms with van der Waals surface area (Å²) in [5, 5.41) is 24.5. The molecule has 0 saturated heterocycles. The molecule has 0 aliphatic heterocycles. The summed E-state index contributed by atoms with van der Waals surface area (Å²) < 4.78 is 6.29. The molecule has 1 N–H and O–H groups in total. The van der Waals surface area contributed by atoms with Gasteiger partial charge in [0.25, 0.3) is 5.69 Å². The molecule has 1 atom stereocenters. The Bertz CT molecular complexity index is 599. The van der Waals surface area contributed by atoms with E-state index in [1.165, 1.54) is 30.3 Å². The van der Waals surface area contributed by atoms with Crippen LogP contribution in [0.5, 0.6) is 0 Å². The fourth-order valence-corrected chi connectivity index (χ4v) is 1.73. The number of aliphatic hydroxyl groups is 1. The Hall–Kier alpha value is -2.32. The number of rotatable bonds is 6. The Balaban J connectivity index is 2.16. The van der Waals surface area contributed by atoms with Crippen molar-refractivity contribution in [2.45, 2.75) is 12.6 Å². The van der Waals surface area contributed by atoms with Crippen LogP contribution in [0.25, 0.3) is 11.4 Å². The predicted octanol–water partition coefficient (Wildman–Crippen LogP) is 0.861. The Morgan fingerprint density at radius 1 is 1.55 bits per heavy atom. The minimum absolute atomic E-state index is 0.0155. The molecule has 2 aromatic rings. The number of nitro benzene ring substituents is 1. The van der Waals surface area contributed by atoms with Crippen LogP contribution in [0.1, 0.15) is 0 Å². The second-order valence-corrected chi connectivity index (χ2v) is 4.21. The van der Waals surface area contributed by atoms with Crippen LogP contribution in [0.15, 0.2) is 30.6 Å². The van der Waals surface area contributed by atoms with E-state index in [4.69, 9.17) is 4.74 Å². The number of aliphatic hydroxyl groups excluding tert-OH is 1. The molecule has 0 aliphatic rings. The minimum Gasteiger partial charge on any atom is -0.389 e. The van der Waals surface area contributed by atoms with Crippen molar-refractivity contribution in [2.75, 3.05) is 13.7 Å². The highest BCUT2D eigenvalue weighted by Crippen LogP contribution is 2.20. The molecule has 0 amide bonds. The summed E-state index contributed by atoms with van der Waals surface area (Å²) in [5.41, 5.74) is 0.539. The molecule has 2 rings (SSSR count). The van der Waals surface area contributed by atoms with Gasteiger partial charge >= 0.3 is 0 Å². The third kappa shape index (κ3) is 3.37. The van der Waals surface area contributed by atoms with Crippen LogP contribution in [0.3, 0.4) is 0 Å². The van der Waals surface area contributed by atoms with Crippen molar-refractivity contribution in [1.29, 1.82) is 0 Å². The van der Waals surface area contributed by atoms with Gasteiger partial charge in [0.15, 0.2) is 5.82 Å².